The normalized spacial score (nSPS) is 17.8. The topological polar surface area (TPSA) is 108 Å². The van der Waals surface area contributed by atoms with Crippen molar-refractivity contribution in [2.45, 2.75) is 76.7 Å². The van der Waals surface area contributed by atoms with Crippen LogP contribution in [0.2, 0.25) is 0 Å². The van der Waals surface area contributed by atoms with E-state index in [9.17, 15) is 14.7 Å². The van der Waals surface area contributed by atoms with Gasteiger partial charge in [0.25, 0.3) is 0 Å². The molecule has 1 fully saturated rings. The predicted octanol–water partition coefficient (Wildman–Crippen LogP) is 7.40. The Labute approximate surface area is 277 Å². The second kappa shape index (κ2) is 17.5. The number of nitrogens with one attached hydrogen (secondary N) is 1. The lowest BCUT2D eigenvalue weighted by molar-refractivity contribution is -0.253. The van der Waals surface area contributed by atoms with Crippen molar-refractivity contribution < 1.29 is 29.3 Å². The molecule has 0 radical (unpaired) electrons. The van der Waals surface area contributed by atoms with Gasteiger partial charge in [0.05, 0.1) is 18.8 Å². The van der Waals surface area contributed by atoms with Gasteiger partial charge in [-0.2, -0.15) is 0 Å². The number of nitrogens with zero attached hydrogens (tertiary/aromatic N) is 1. The van der Waals surface area contributed by atoms with Crippen LogP contribution < -0.4 is 5.32 Å². The average Bonchev–Trinajstić information content (AvgIpc) is 3.09. The highest BCUT2D eigenvalue weighted by Crippen LogP contribution is 2.38. The minimum atomic E-state index is -0.811. The Morgan fingerprint density at radius 1 is 0.702 bits per heavy atom. The fraction of sp³-hybridized carbons (Fsp3) is 0.333. The molecule has 3 N–H and O–H groups in total. The zero-order chi connectivity index (χ0) is 32.8. The zero-order valence-corrected chi connectivity index (χ0v) is 26.7. The SMILES string of the molecule is O=C(O)CCCCCC(=O)Nc1ccc(C2OC(CN(Cc3ccccc3)Cc3ccccc3)CC(c3ccc(CO)cc3)O2)cc1. The summed E-state index contributed by atoms with van der Waals surface area (Å²) < 4.78 is 13.2. The summed E-state index contributed by atoms with van der Waals surface area (Å²) in [5.74, 6) is -0.906. The number of anilines is 1. The molecule has 1 aliphatic rings. The van der Waals surface area contributed by atoms with E-state index in [0.717, 1.165) is 29.8 Å². The number of benzene rings is 4. The van der Waals surface area contributed by atoms with E-state index in [1.165, 1.54) is 11.1 Å². The molecule has 3 atom stereocenters. The van der Waals surface area contributed by atoms with Gasteiger partial charge in [-0.3, -0.25) is 14.5 Å². The molecule has 0 aromatic heterocycles. The third-order valence-corrected chi connectivity index (χ3v) is 8.34. The van der Waals surface area contributed by atoms with Crippen LogP contribution in [0.25, 0.3) is 0 Å². The van der Waals surface area contributed by atoms with Crippen molar-refractivity contribution in [3.8, 4) is 0 Å². The van der Waals surface area contributed by atoms with Gasteiger partial charge in [0.2, 0.25) is 5.91 Å². The van der Waals surface area contributed by atoms with Gasteiger partial charge in [-0.15, -0.1) is 0 Å². The highest BCUT2D eigenvalue weighted by molar-refractivity contribution is 5.90. The third-order valence-electron chi connectivity index (χ3n) is 8.34. The van der Waals surface area contributed by atoms with Crippen molar-refractivity contribution in [2.24, 2.45) is 0 Å². The first-order chi connectivity index (χ1) is 22.9. The molecule has 0 spiro atoms. The quantitative estimate of drug-likeness (QED) is 0.110. The van der Waals surface area contributed by atoms with Crippen molar-refractivity contribution >= 4 is 17.6 Å². The molecule has 1 amide bonds. The third kappa shape index (κ3) is 10.9. The summed E-state index contributed by atoms with van der Waals surface area (Å²) in [4.78, 5) is 25.6. The number of rotatable bonds is 16. The monoisotopic (exact) mass is 636 g/mol. The van der Waals surface area contributed by atoms with Gasteiger partial charge < -0.3 is 25.0 Å². The number of carbonyl (C=O) groups is 2. The molecule has 47 heavy (non-hydrogen) atoms. The van der Waals surface area contributed by atoms with Crippen LogP contribution in [-0.2, 0) is 38.8 Å². The van der Waals surface area contributed by atoms with Gasteiger partial charge >= 0.3 is 5.97 Å². The first-order valence-corrected chi connectivity index (χ1v) is 16.4. The molecule has 5 rings (SSSR count). The van der Waals surface area contributed by atoms with Crippen LogP contribution in [0.15, 0.2) is 109 Å². The lowest BCUT2D eigenvalue weighted by Crippen LogP contribution is -2.39. The van der Waals surface area contributed by atoms with E-state index in [2.05, 4.69) is 58.7 Å². The van der Waals surface area contributed by atoms with Gasteiger partial charge in [-0.25, -0.2) is 0 Å². The van der Waals surface area contributed by atoms with Gasteiger partial charge in [-0.05, 0) is 47.2 Å². The maximum atomic E-state index is 12.5. The van der Waals surface area contributed by atoms with E-state index in [0.29, 0.717) is 44.3 Å². The van der Waals surface area contributed by atoms with Crippen LogP contribution >= 0.6 is 0 Å². The van der Waals surface area contributed by atoms with E-state index in [1.807, 2.05) is 60.7 Å². The predicted molar refractivity (Wildman–Crippen MR) is 181 cm³/mol. The Balaban J connectivity index is 1.29. The second-order valence-electron chi connectivity index (χ2n) is 12.1. The highest BCUT2D eigenvalue weighted by atomic mass is 16.7. The smallest absolute Gasteiger partial charge is 0.303 e. The number of aliphatic carboxylic acids is 1. The van der Waals surface area contributed by atoms with Crippen LogP contribution in [0.3, 0.4) is 0 Å². The first kappa shape index (κ1) is 34.0. The summed E-state index contributed by atoms with van der Waals surface area (Å²) >= 11 is 0. The molecule has 4 aromatic carbocycles. The van der Waals surface area contributed by atoms with Crippen LogP contribution in [0.4, 0.5) is 5.69 Å². The van der Waals surface area contributed by atoms with Crippen molar-refractivity contribution in [1.29, 1.82) is 0 Å². The molecule has 4 aromatic rings. The molecule has 3 unspecified atom stereocenters. The fourth-order valence-electron chi connectivity index (χ4n) is 5.87. The average molecular weight is 637 g/mol. The van der Waals surface area contributed by atoms with Crippen LogP contribution in [0, 0.1) is 0 Å². The van der Waals surface area contributed by atoms with Crippen LogP contribution in [0.1, 0.15) is 78.7 Å². The molecular formula is C39H44N2O6. The number of aliphatic hydroxyl groups is 1. The van der Waals surface area contributed by atoms with Gasteiger partial charge in [0.1, 0.15) is 0 Å². The lowest BCUT2D eigenvalue weighted by Gasteiger charge is -2.38. The van der Waals surface area contributed by atoms with Gasteiger partial charge in [-0.1, -0.05) is 103 Å². The Morgan fingerprint density at radius 2 is 1.30 bits per heavy atom. The zero-order valence-electron chi connectivity index (χ0n) is 26.7. The molecule has 0 bridgehead atoms. The van der Waals surface area contributed by atoms with E-state index in [4.69, 9.17) is 14.6 Å². The summed E-state index contributed by atoms with van der Waals surface area (Å²) in [7, 11) is 0. The summed E-state index contributed by atoms with van der Waals surface area (Å²) in [6.07, 6.45) is 2.14. The molecule has 246 valence electrons. The highest BCUT2D eigenvalue weighted by Gasteiger charge is 2.33. The second-order valence-corrected chi connectivity index (χ2v) is 12.1. The van der Waals surface area contributed by atoms with E-state index in [1.54, 1.807) is 0 Å². The molecule has 1 saturated heterocycles. The van der Waals surface area contributed by atoms with Crippen LogP contribution in [0.5, 0.6) is 0 Å². The number of ether oxygens (including phenoxy) is 2. The summed E-state index contributed by atoms with van der Waals surface area (Å²) in [5.41, 5.74) is 5.90. The largest absolute Gasteiger partial charge is 0.481 e. The Bertz CT molecular complexity index is 1490. The number of carboxylic acids is 1. The number of amides is 1. The molecule has 1 aliphatic heterocycles. The molecule has 8 heteroatoms. The fourth-order valence-corrected chi connectivity index (χ4v) is 5.87. The number of hydrogen-bond acceptors (Lipinski definition) is 6. The minimum Gasteiger partial charge on any atom is -0.481 e. The molecule has 0 saturated carbocycles. The number of unbranched alkanes of at least 4 members (excludes halogenated alkanes) is 2. The Hall–Kier alpha value is -4.34. The van der Waals surface area contributed by atoms with Crippen molar-refractivity contribution in [2.75, 3.05) is 11.9 Å². The van der Waals surface area contributed by atoms with Crippen molar-refractivity contribution in [3.63, 3.8) is 0 Å². The molecular weight excluding hydrogens is 592 g/mol. The van der Waals surface area contributed by atoms with E-state index >= 15 is 0 Å². The van der Waals surface area contributed by atoms with E-state index < -0.39 is 12.3 Å². The maximum Gasteiger partial charge on any atom is 0.303 e. The summed E-state index contributed by atoms with van der Waals surface area (Å²) in [6, 6.07) is 36.4. The summed E-state index contributed by atoms with van der Waals surface area (Å²) in [5, 5.41) is 21.3. The van der Waals surface area contributed by atoms with Gasteiger partial charge in [0, 0.05) is 50.1 Å². The molecule has 8 nitrogen and oxygen atoms in total. The number of carboxylic acid groups (broad SMARTS) is 1. The number of carbonyl (C=O) groups excluding carboxylic acids is 1. The van der Waals surface area contributed by atoms with Gasteiger partial charge in [0.15, 0.2) is 6.29 Å². The Kier molecular flexibility index (Phi) is 12.7. The maximum absolute atomic E-state index is 12.5. The van der Waals surface area contributed by atoms with Crippen LogP contribution in [-0.4, -0.2) is 39.6 Å². The first-order valence-electron chi connectivity index (χ1n) is 16.4. The lowest BCUT2D eigenvalue weighted by atomic mass is 9.99. The standard InChI is InChI=1S/C39H44N2O6/c42-28-31-16-18-32(19-17-31)36-24-35(27-41(25-29-10-4-1-5-11-29)26-30-12-6-2-7-13-30)46-39(47-36)33-20-22-34(23-21-33)40-37(43)14-8-3-9-15-38(44)45/h1-2,4-7,10-13,16-23,35-36,39,42H,3,8-9,14-15,24-28H2,(H,40,43)(H,44,45). The Morgan fingerprint density at radius 3 is 1.89 bits per heavy atom. The number of hydrogen-bond donors (Lipinski definition) is 3. The van der Waals surface area contributed by atoms with Crippen molar-refractivity contribution in [1.82, 2.24) is 4.90 Å². The summed E-state index contributed by atoms with van der Waals surface area (Å²) in [6.45, 7) is 2.26. The molecule has 1 heterocycles. The van der Waals surface area contributed by atoms with Crippen molar-refractivity contribution in [3.05, 3.63) is 137 Å². The number of aliphatic hydroxyl groups excluding tert-OH is 1. The van der Waals surface area contributed by atoms with E-state index in [-0.39, 0.29) is 31.1 Å². The minimum absolute atomic E-state index is 0.0122. The molecule has 0 aliphatic carbocycles.